The zero-order valence-corrected chi connectivity index (χ0v) is 9.89. The minimum Gasteiger partial charge on any atom is -0.450 e. The van der Waals surface area contributed by atoms with Gasteiger partial charge in [0.15, 0.2) is 0 Å². The van der Waals surface area contributed by atoms with E-state index in [9.17, 15) is 9.59 Å². The number of aldehydes is 1. The van der Waals surface area contributed by atoms with E-state index in [0.717, 1.165) is 18.4 Å². The molecule has 0 radical (unpaired) electrons. The van der Waals surface area contributed by atoms with Crippen LogP contribution in [-0.4, -0.2) is 19.0 Å². The van der Waals surface area contributed by atoms with Crippen LogP contribution in [0, 0.1) is 0 Å². The molecule has 1 atom stereocenters. The van der Waals surface area contributed by atoms with Crippen LogP contribution in [-0.2, 0) is 9.53 Å². The van der Waals surface area contributed by atoms with Crippen LogP contribution >= 0.6 is 0 Å². The van der Waals surface area contributed by atoms with E-state index in [-0.39, 0.29) is 0 Å². The quantitative estimate of drug-likeness (QED) is 0.608. The van der Waals surface area contributed by atoms with Crippen molar-refractivity contribution in [3.63, 3.8) is 0 Å². The van der Waals surface area contributed by atoms with Crippen LogP contribution in [0.25, 0.3) is 0 Å². The Hall–Kier alpha value is -1.84. The van der Waals surface area contributed by atoms with E-state index in [1.165, 1.54) is 0 Å². The summed E-state index contributed by atoms with van der Waals surface area (Å²) in [5.74, 6) is 0. The Balaban J connectivity index is 2.47. The smallest absolute Gasteiger partial charge is 0.407 e. The Kier molecular flexibility index (Phi) is 5.79. The number of unbranched alkanes of at least 4 members (excludes halogenated alkanes) is 1. The Morgan fingerprint density at radius 1 is 1.41 bits per heavy atom. The second-order valence-electron chi connectivity index (χ2n) is 3.66. The maximum absolute atomic E-state index is 11.4. The van der Waals surface area contributed by atoms with Crippen LogP contribution < -0.4 is 5.32 Å². The van der Waals surface area contributed by atoms with Crippen molar-refractivity contribution in [2.45, 2.75) is 25.8 Å². The molecule has 0 aromatic heterocycles. The molecule has 0 aliphatic carbocycles. The first-order valence-corrected chi connectivity index (χ1v) is 5.71. The van der Waals surface area contributed by atoms with Gasteiger partial charge in [-0.1, -0.05) is 43.7 Å². The van der Waals surface area contributed by atoms with E-state index >= 15 is 0 Å². The summed E-state index contributed by atoms with van der Waals surface area (Å²) in [6.45, 7) is 2.39. The second kappa shape index (κ2) is 7.44. The van der Waals surface area contributed by atoms with Crippen molar-refractivity contribution in [2.75, 3.05) is 6.61 Å². The monoisotopic (exact) mass is 235 g/mol. The lowest BCUT2D eigenvalue weighted by Crippen LogP contribution is -2.30. The number of nitrogens with one attached hydrogen (secondary N) is 1. The molecule has 4 nitrogen and oxygen atoms in total. The lowest BCUT2D eigenvalue weighted by molar-refractivity contribution is -0.109. The van der Waals surface area contributed by atoms with Crippen molar-refractivity contribution >= 4 is 12.4 Å². The number of alkyl carbamates (subject to hydrolysis) is 1. The van der Waals surface area contributed by atoms with Gasteiger partial charge in [-0.15, -0.1) is 0 Å². The summed E-state index contributed by atoms with van der Waals surface area (Å²) < 4.78 is 4.93. The fraction of sp³-hybridized carbons (Fsp3) is 0.385. The highest BCUT2D eigenvalue weighted by molar-refractivity contribution is 5.74. The average molecular weight is 235 g/mol. The topological polar surface area (TPSA) is 55.4 Å². The van der Waals surface area contributed by atoms with E-state index in [2.05, 4.69) is 5.32 Å². The molecular weight excluding hydrogens is 218 g/mol. The summed E-state index contributed by atoms with van der Waals surface area (Å²) in [5.41, 5.74) is 0.745. The molecule has 1 aromatic rings. The fourth-order valence-electron chi connectivity index (χ4n) is 1.33. The van der Waals surface area contributed by atoms with Crippen molar-refractivity contribution < 1.29 is 14.3 Å². The first-order valence-electron chi connectivity index (χ1n) is 5.71. The van der Waals surface area contributed by atoms with Gasteiger partial charge in [0.25, 0.3) is 0 Å². The molecule has 1 N–H and O–H groups in total. The van der Waals surface area contributed by atoms with E-state index in [1.54, 1.807) is 12.1 Å². The van der Waals surface area contributed by atoms with Crippen molar-refractivity contribution in [1.82, 2.24) is 5.32 Å². The first-order chi connectivity index (χ1) is 8.27. The van der Waals surface area contributed by atoms with Gasteiger partial charge in [0.05, 0.1) is 6.61 Å². The van der Waals surface area contributed by atoms with Gasteiger partial charge in [-0.25, -0.2) is 4.79 Å². The van der Waals surface area contributed by atoms with Crippen LogP contribution in [0.2, 0.25) is 0 Å². The summed E-state index contributed by atoms with van der Waals surface area (Å²) >= 11 is 0. The molecule has 17 heavy (non-hydrogen) atoms. The van der Waals surface area contributed by atoms with Gasteiger partial charge in [-0.2, -0.15) is 0 Å². The molecule has 0 saturated heterocycles. The number of carbonyl (C=O) groups excluding carboxylic acids is 2. The summed E-state index contributed by atoms with van der Waals surface area (Å²) in [4.78, 5) is 22.3. The third-order valence-electron chi connectivity index (χ3n) is 2.30. The van der Waals surface area contributed by atoms with Gasteiger partial charge >= 0.3 is 6.09 Å². The lowest BCUT2D eigenvalue weighted by atomic mass is 10.1. The van der Waals surface area contributed by atoms with Crippen molar-refractivity contribution in [1.29, 1.82) is 0 Å². The molecule has 4 heteroatoms. The molecule has 1 amide bonds. The van der Waals surface area contributed by atoms with E-state index in [0.29, 0.717) is 12.9 Å². The molecule has 0 bridgehead atoms. The van der Waals surface area contributed by atoms with Crippen LogP contribution in [0.4, 0.5) is 4.79 Å². The standard InChI is InChI=1S/C13H17NO3/c1-2-3-9-17-13(16)14-12(10-15)11-7-5-4-6-8-11/h4-8,10,12H,2-3,9H2,1H3,(H,14,16)/t12-/m1/s1. The molecule has 1 rings (SSSR count). The molecule has 0 aliphatic rings. The second-order valence-corrected chi connectivity index (χ2v) is 3.66. The molecule has 92 valence electrons. The van der Waals surface area contributed by atoms with Crippen LogP contribution in [0.1, 0.15) is 31.4 Å². The van der Waals surface area contributed by atoms with Crippen molar-refractivity contribution in [3.8, 4) is 0 Å². The minimum absolute atomic E-state index is 0.378. The summed E-state index contributed by atoms with van der Waals surface area (Å²) in [5, 5.41) is 2.51. The van der Waals surface area contributed by atoms with Gasteiger partial charge in [0.1, 0.15) is 12.3 Å². The molecule has 1 aromatic carbocycles. The average Bonchev–Trinajstić information content (AvgIpc) is 2.37. The predicted octanol–water partition coefficient (Wildman–Crippen LogP) is 2.45. The van der Waals surface area contributed by atoms with E-state index < -0.39 is 12.1 Å². The Labute approximate surface area is 101 Å². The lowest BCUT2D eigenvalue weighted by Gasteiger charge is -2.12. The van der Waals surface area contributed by atoms with Crippen LogP contribution in [0.5, 0.6) is 0 Å². The number of amides is 1. The van der Waals surface area contributed by atoms with Crippen LogP contribution in [0.3, 0.4) is 0 Å². The first kappa shape index (κ1) is 13.2. The number of ether oxygens (including phenoxy) is 1. The summed E-state index contributed by atoms with van der Waals surface area (Å²) in [6.07, 6.45) is 1.92. The molecular formula is C13H17NO3. The van der Waals surface area contributed by atoms with Crippen molar-refractivity contribution in [2.24, 2.45) is 0 Å². The van der Waals surface area contributed by atoms with Gasteiger partial charge in [0.2, 0.25) is 0 Å². The van der Waals surface area contributed by atoms with E-state index in [1.807, 2.05) is 25.1 Å². The highest BCUT2D eigenvalue weighted by Crippen LogP contribution is 2.09. The van der Waals surface area contributed by atoms with Gasteiger partial charge < -0.3 is 14.8 Å². The number of benzene rings is 1. The van der Waals surface area contributed by atoms with Gasteiger partial charge in [0, 0.05) is 0 Å². The van der Waals surface area contributed by atoms with Crippen molar-refractivity contribution in [3.05, 3.63) is 35.9 Å². The van der Waals surface area contributed by atoms with E-state index in [4.69, 9.17) is 4.74 Å². The fourth-order valence-corrected chi connectivity index (χ4v) is 1.33. The zero-order chi connectivity index (χ0) is 12.5. The van der Waals surface area contributed by atoms with Crippen LogP contribution in [0.15, 0.2) is 30.3 Å². The molecule has 0 heterocycles. The summed E-state index contributed by atoms with van der Waals surface area (Å²) in [6, 6.07) is 8.40. The Bertz CT molecular complexity index is 351. The molecule has 0 spiro atoms. The summed E-state index contributed by atoms with van der Waals surface area (Å²) in [7, 11) is 0. The Morgan fingerprint density at radius 3 is 2.71 bits per heavy atom. The maximum Gasteiger partial charge on any atom is 0.407 e. The van der Waals surface area contributed by atoms with Gasteiger partial charge in [-0.3, -0.25) is 0 Å². The number of hydrogen-bond acceptors (Lipinski definition) is 3. The highest BCUT2D eigenvalue weighted by atomic mass is 16.5. The predicted molar refractivity (Wildman–Crippen MR) is 64.6 cm³/mol. The maximum atomic E-state index is 11.4. The molecule has 0 fully saturated rings. The number of carbonyl (C=O) groups is 2. The minimum atomic E-state index is -0.648. The zero-order valence-electron chi connectivity index (χ0n) is 9.89. The highest BCUT2D eigenvalue weighted by Gasteiger charge is 2.13. The normalized spacial score (nSPS) is 11.6. The molecule has 0 unspecified atom stereocenters. The number of rotatable bonds is 6. The SMILES string of the molecule is CCCCOC(=O)N[C@H](C=O)c1ccccc1. The van der Waals surface area contributed by atoms with Gasteiger partial charge in [-0.05, 0) is 12.0 Å². The third-order valence-corrected chi connectivity index (χ3v) is 2.30. The molecule has 0 saturated carbocycles. The molecule has 0 aliphatic heterocycles. The Morgan fingerprint density at radius 2 is 2.12 bits per heavy atom. The number of hydrogen-bond donors (Lipinski definition) is 1. The largest absolute Gasteiger partial charge is 0.450 e. The third kappa shape index (κ3) is 4.68.